The zero-order valence-electron chi connectivity index (χ0n) is 7.44. The topological polar surface area (TPSA) is 40.0 Å². The van der Waals surface area contributed by atoms with Crippen LogP contribution >= 0.6 is 11.6 Å². The average molecular weight is 283 g/mol. The second-order valence-corrected chi connectivity index (χ2v) is 2.77. The maximum absolute atomic E-state index is 6.87. The number of nitrogens with one attached hydrogen (secondary N) is 1. The molecule has 0 aliphatic carbocycles. The molecular weight excluding hydrogens is 274 g/mol. The summed E-state index contributed by atoms with van der Waals surface area (Å²) in [6.07, 6.45) is 5.07. The van der Waals surface area contributed by atoms with Crippen LogP contribution in [0.5, 0.6) is 0 Å². The van der Waals surface area contributed by atoms with Gasteiger partial charge in [-0.15, -0.1) is 0 Å². The molecule has 1 radical (unpaired) electrons. The summed E-state index contributed by atoms with van der Waals surface area (Å²) in [6, 6.07) is 3.51. The Hall–Kier alpha value is -0.246. The summed E-state index contributed by atoms with van der Waals surface area (Å²) >= 11 is 5.61. The Balaban J connectivity index is 0.00000169. The van der Waals surface area contributed by atoms with Gasteiger partial charge in [-0.05, 0) is 11.6 Å². The van der Waals surface area contributed by atoms with E-state index < -0.39 is 0 Å². The largest absolute Gasteiger partial charge is 0.603 e. The van der Waals surface area contributed by atoms with Crippen LogP contribution in [0.25, 0.3) is 0 Å². The van der Waals surface area contributed by atoms with Crippen LogP contribution in [0, 0.1) is 12.0 Å². The molecular formula is C9H8ClN3Y-2. The predicted octanol–water partition coefficient (Wildman–Crippen LogP) is 1.97. The van der Waals surface area contributed by atoms with E-state index in [-0.39, 0.29) is 32.7 Å². The molecule has 0 amide bonds. The monoisotopic (exact) mass is 282 g/mol. The molecule has 0 aliphatic heterocycles. The molecule has 0 spiro atoms. The van der Waals surface area contributed by atoms with Crippen LogP contribution in [-0.4, -0.2) is 16.2 Å². The molecule has 1 rings (SSSR count). The Kier molecular flexibility index (Phi) is 6.97. The maximum atomic E-state index is 6.87. The molecule has 5 heteroatoms. The van der Waals surface area contributed by atoms with Crippen molar-refractivity contribution in [2.75, 3.05) is 0 Å². The first kappa shape index (κ1) is 13.8. The van der Waals surface area contributed by atoms with Crippen molar-refractivity contribution >= 4 is 17.9 Å². The molecule has 14 heavy (non-hydrogen) atoms. The van der Waals surface area contributed by atoms with Crippen LogP contribution in [0.2, 0.25) is 5.15 Å². The summed E-state index contributed by atoms with van der Waals surface area (Å²) in [6.45, 7) is 5.71. The van der Waals surface area contributed by atoms with E-state index in [1.165, 1.54) is 11.1 Å². The Bertz CT molecular complexity index is 291. The van der Waals surface area contributed by atoms with Crippen molar-refractivity contribution < 1.29 is 32.7 Å². The number of rotatable bonds is 4. The normalized spacial score (nSPS) is 8.64. The van der Waals surface area contributed by atoms with Gasteiger partial charge in [0.25, 0.3) is 0 Å². The van der Waals surface area contributed by atoms with E-state index in [0.717, 1.165) is 5.56 Å². The minimum absolute atomic E-state index is 0. The molecule has 0 unspecified atom stereocenters. The molecule has 1 aromatic heterocycles. The van der Waals surface area contributed by atoms with E-state index in [1.54, 1.807) is 12.3 Å². The van der Waals surface area contributed by atoms with Crippen molar-refractivity contribution in [1.82, 2.24) is 9.88 Å². The quantitative estimate of drug-likeness (QED) is 0.301. The van der Waals surface area contributed by atoms with Gasteiger partial charge in [0.15, 0.2) is 0 Å². The van der Waals surface area contributed by atoms with E-state index in [1.807, 2.05) is 6.07 Å². The number of pyridine rings is 1. The molecule has 0 aliphatic rings. The molecule has 0 atom stereocenters. The van der Waals surface area contributed by atoms with Gasteiger partial charge in [0.2, 0.25) is 0 Å². The number of nitrogens with zero attached hydrogens (tertiary/aromatic N) is 2. The molecule has 0 aromatic carbocycles. The van der Waals surface area contributed by atoms with E-state index in [0.29, 0.717) is 11.7 Å². The molecule has 0 saturated carbocycles. The van der Waals surface area contributed by atoms with E-state index in [9.17, 15) is 0 Å². The van der Waals surface area contributed by atoms with Gasteiger partial charge in [-0.1, -0.05) is 24.0 Å². The Morgan fingerprint density at radius 2 is 2.36 bits per heavy atom. The third-order valence-electron chi connectivity index (χ3n) is 1.47. The maximum Gasteiger partial charge on any atom is 0.129 e. The number of hydrogen-bond donors (Lipinski definition) is 1. The molecule has 0 bridgehead atoms. The fourth-order valence-corrected chi connectivity index (χ4v) is 0.938. The minimum atomic E-state index is 0. The number of hydrogen-bond acceptors (Lipinski definition) is 2. The van der Waals surface area contributed by atoms with Gasteiger partial charge in [-0.3, -0.25) is 0 Å². The van der Waals surface area contributed by atoms with Crippen molar-refractivity contribution in [3.05, 3.63) is 41.8 Å². The third-order valence-corrected chi connectivity index (χ3v) is 1.69. The second-order valence-electron chi connectivity index (χ2n) is 2.38. The number of aromatic nitrogens is 1. The summed E-state index contributed by atoms with van der Waals surface area (Å²) in [5, 5.41) is 7.32. The zero-order valence-corrected chi connectivity index (χ0v) is 11.0. The fourth-order valence-electron chi connectivity index (χ4n) is 0.826. The van der Waals surface area contributed by atoms with Crippen molar-refractivity contribution in [3.63, 3.8) is 0 Å². The first-order valence-electron chi connectivity index (χ1n) is 3.61. The van der Waals surface area contributed by atoms with Crippen LogP contribution in [0.3, 0.4) is 0 Å². The van der Waals surface area contributed by atoms with Crippen molar-refractivity contribution in [3.8, 4) is 0 Å². The van der Waals surface area contributed by atoms with Crippen molar-refractivity contribution in [1.29, 1.82) is 5.41 Å². The average Bonchev–Trinajstić information content (AvgIpc) is 2.17. The second kappa shape index (κ2) is 7.10. The van der Waals surface area contributed by atoms with Crippen LogP contribution in [0.1, 0.15) is 5.56 Å². The van der Waals surface area contributed by atoms with Crippen molar-refractivity contribution in [2.24, 2.45) is 0 Å². The van der Waals surface area contributed by atoms with Crippen molar-refractivity contribution in [2.45, 2.75) is 6.54 Å². The Labute approximate surface area is 114 Å². The van der Waals surface area contributed by atoms with Gasteiger partial charge in [0, 0.05) is 45.5 Å². The summed E-state index contributed by atoms with van der Waals surface area (Å²) in [4.78, 5) is 5.30. The predicted molar refractivity (Wildman–Crippen MR) is 51.4 cm³/mol. The van der Waals surface area contributed by atoms with Crippen LogP contribution in [0.15, 0.2) is 24.5 Å². The van der Waals surface area contributed by atoms with Gasteiger partial charge in [0.05, 0.1) is 0 Å². The number of halogens is 1. The van der Waals surface area contributed by atoms with Crippen LogP contribution < -0.4 is 0 Å². The smallest absolute Gasteiger partial charge is 0.129 e. The molecule has 3 nitrogen and oxygen atoms in total. The van der Waals surface area contributed by atoms with E-state index in [4.69, 9.17) is 23.6 Å². The first-order valence-corrected chi connectivity index (χ1v) is 3.98. The molecule has 1 aromatic rings. The summed E-state index contributed by atoms with van der Waals surface area (Å²) in [7, 11) is 0. The van der Waals surface area contributed by atoms with Crippen LogP contribution in [0.4, 0.5) is 0 Å². The standard InChI is InChI=1S/C9H8ClN3.Y/c1-2-13(7-11)6-8-3-4-9(10)12-5-8;/h1-5,11H,6H2;/q-2;. The summed E-state index contributed by atoms with van der Waals surface area (Å²) in [5.41, 5.74) is 0.922. The summed E-state index contributed by atoms with van der Waals surface area (Å²) < 4.78 is 0. The molecule has 1 heterocycles. The van der Waals surface area contributed by atoms with Gasteiger partial charge in [0.1, 0.15) is 5.15 Å². The van der Waals surface area contributed by atoms with Gasteiger partial charge in [-0.25, -0.2) is 4.98 Å². The SMILES string of the molecule is [CH-]=CN([C-]=N)Cc1ccc(Cl)nc1.[Y]. The van der Waals surface area contributed by atoms with Gasteiger partial charge >= 0.3 is 0 Å². The molecule has 71 valence electrons. The minimum Gasteiger partial charge on any atom is -0.603 e. The van der Waals surface area contributed by atoms with E-state index in [2.05, 4.69) is 11.3 Å². The Morgan fingerprint density at radius 1 is 1.64 bits per heavy atom. The van der Waals surface area contributed by atoms with Gasteiger partial charge < -0.3 is 23.1 Å². The van der Waals surface area contributed by atoms with Gasteiger partial charge in [-0.2, -0.15) is 0 Å². The Morgan fingerprint density at radius 3 is 2.79 bits per heavy atom. The van der Waals surface area contributed by atoms with Crippen LogP contribution in [-0.2, 0) is 39.3 Å². The first-order chi connectivity index (χ1) is 6.26. The fraction of sp³-hybridized carbons (Fsp3) is 0.111. The molecule has 1 N–H and O–H groups in total. The van der Waals surface area contributed by atoms with E-state index >= 15 is 0 Å². The molecule has 0 fully saturated rings. The third kappa shape index (κ3) is 4.31. The molecule has 0 saturated heterocycles. The zero-order chi connectivity index (χ0) is 9.68. The summed E-state index contributed by atoms with van der Waals surface area (Å²) in [5.74, 6) is 0.